The minimum atomic E-state index is -0.481. The van der Waals surface area contributed by atoms with Crippen molar-refractivity contribution in [3.05, 3.63) is 62.8 Å². The number of ether oxygens (including phenoxy) is 1. The quantitative estimate of drug-likeness (QED) is 0.768. The highest BCUT2D eigenvalue weighted by molar-refractivity contribution is 9.10. The molecule has 19 heavy (non-hydrogen) atoms. The van der Waals surface area contributed by atoms with Gasteiger partial charge in [-0.15, -0.1) is 0 Å². The van der Waals surface area contributed by atoms with E-state index in [2.05, 4.69) is 15.9 Å². The minimum absolute atomic E-state index is 0.266. The van der Waals surface area contributed by atoms with Crippen LogP contribution in [0, 0.1) is 5.82 Å². The third-order valence-corrected chi connectivity index (χ3v) is 3.53. The molecule has 0 heterocycles. The van der Waals surface area contributed by atoms with Gasteiger partial charge in [-0.1, -0.05) is 11.6 Å². The van der Waals surface area contributed by atoms with E-state index in [1.165, 1.54) is 25.3 Å². The molecule has 0 aliphatic carbocycles. The van der Waals surface area contributed by atoms with E-state index >= 15 is 0 Å². The van der Waals surface area contributed by atoms with Crippen molar-refractivity contribution in [3.8, 4) is 5.75 Å². The maximum atomic E-state index is 13.4. The number of benzene rings is 2. The third kappa shape index (κ3) is 2.96. The average Bonchev–Trinajstić information content (AvgIpc) is 2.41. The van der Waals surface area contributed by atoms with Gasteiger partial charge in [0.05, 0.1) is 16.6 Å². The van der Waals surface area contributed by atoms with Gasteiger partial charge in [0.25, 0.3) is 0 Å². The molecular formula is C14H9BrClFO2. The molecule has 0 unspecified atom stereocenters. The van der Waals surface area contributed by atoms with Crippen LogP contribution in [0.1, 0.15) is 15.9 Å². The minimum Gasteiger partial charge on any atom is -0.495 e. The summed E-state index contributed by atoms with van der Waals surface area (Å²) in [6, 6.07) is 8.92. The van der Waals surface area contributed by atoms with E-state index in [9.17, 15) is 9.18 Å². The van der Waals surface area contributed by atoms with Gasteiger partial charge in [0.1, 0.15) is 11.6 Å². The number of hydrogen-bond donors (Lipinski definition) is 0. The summed E-state index contributed by atoms with van der Waals surface area (Å²) >= 11 is 9.00. The smallest absolute Gasteiger partial charge is 0.193 e. The Hall–Kier alpha value is -1.39. The lowest BCUT2D eigenvalue weighted by Crippen LogP contribution is -2.02. The Morgan fingerprint density at radius 2 is 1.84 bits per heavy atom. The number of halogens is 3. The molecule has 0 saturated heterocycles. The van der Waals surface area contributed by atoms with Crippen LogP contribution in [0.25, 0.3) is 0 Å². The summed E-state index contributed by atoms with van der Waals surface area (Å²) in [4.78, 5) is 12.2. The Morgan fingerprint density at radius 3 is 2.42 bits per heavy atom. The van der Waals surface area contributed by atoms with Gasteiger partial charge in [0, 0.05) is 11.1 Å². The van der Waals surface area contributed by atoms with Crippen molar-refractivity contribution in [3.63, 3.8) is 0 Å². The zero-order valence-electron chi connectivity index (χ0n) is 9.91. The van der Waals surface area contributed by atoms with E-state index in [0.717, 1.165) is 0 Å². The van der Waals surface area contributed by atoms with Crippen LogP contribution in [0.15, 0.2) is 40.9 Å². The summed E-state index contributed by atoms with van der Waals surface area (Å²) in [5.74, 6) is -0.290. The highest BCUT2D eigenvalue weighted by Gasteiger charge is 2.13. The fraction of sp³-hybridized carbons (Fsp3) is 0.0714. The molecule has 0 bridgehead atoms. The fourth-order valence-electron chi connectivity index (χ4n) is 1.61. The molecule has 2 aromatic carbocycles. The lowest BCUT2D eigenvalue weighted by atomic mass is 10.0. The highest BCUT2D eigenvalue weighted by Crippen LogP contribution is 2.26. The molecular weight excluding hydrogens is 335 g/mol. The van der Waals surface area contributed by atoms with Crippen molar-refractivity contribution in [1.29, 1.82) is 0 Å². The Labute approximate surface area is 123 Å². The fourth-order valence-corrected chi connectivity index (χ4v) is 2.12. The molecule has 2 rings (SSSR count). The second kappa shape index (κ2) is 5.72. The van der Waals surface area contributed by atoms with Gasteiger partial charge in [-0.25, -0.2) is 4.39 Å². The largest absolute Gasteiger partial charge is 0.495 e. The number of hydrogen-bond acceptors (Lipinski definition) is 2. The average molecular weight is 344 g/mol. The molecule has 0 saturated carbocycles. The summed E-state index contributed by atoms with van der Waals surface area (Å²) < 4.78 is 18.7. The van der Waals surface area contributed by atoms with Crippen LogP contribution in [0.2, 0.25) is 5.02 Å². The molecule has 0 N–H and O–H groups in total. The molecule has 0 spiro atoms. The van der Waals surface area contributed by atoms with E-state index in [4.69, 9.17) is 16.3 Å². The topological polar surface area (TPSA) is 26.3 Å². The Morgan fingerprint density at radius 1 is 1.21 bits per heavy atom. The third-order valence-electron chi connectivity index (χ3n) is 2.60. The number of rotatable bonds is 3. The normalized spacial score (nSPS) is 10.3. The Bertz CT molecular complexity index is 643. The molecule has 0 radical (unpaired) electrons. The monoisotopic (exact) mass is 342 g/mol. The first-order valence-electron chi connectivity index (χ1n) is 5.36. The summed E-state index contributed by atoms with van der Waals surface area (Å²) in [5.41, 5.74) is 0.648. The van der Waals surface area contributed by atoms with E-state index < -0.39 is 5.82 Å². The molecule has 98 valence electrons. The van der Waals surface area contributed by atoms with Gasteiger partial charge in [-0.3, -0.25) is 4.79 Å². The van der Waals surface area contributed by atoms with Crippen LogP contribution in [-0.2, 0) is 0 Å². The van der Waals surface area contributed by atoms with Gasteiger partial charge in [-0.2, -0.15) is 0 Å². The zero-order valence-corrected chi connectivity index (χ0v) is 12.3. The van der Waals surface area contributed by atoms with E-state index in [0.29, 0.717) is 20.8 Å². The summed E-state index contributed by atoms with van der Waals surface area (Å²) in [6.45, 7) is 0. The molecule has 0 fully saturated rings. The van der Waals surface area contributed by atoms with Crippen LogP contribution in [-0.4, -0.2) is 12.9 Å². The van der Waals surface area contributed by atoms with E-state index in [-0.39, 0.29) is 11.3 Å². The van der Waals surface area contributed by atoms with Crippen molar-refractivity contribution in [1.82, 2.24) is 0 Å². The summed E-state index contributed by atoms with van der Waals surface area (Å²) in [7, 11) is 1.49. The van der Waals surface area contributed by atoms with Gasteiger partial charge in [0.15, 0.2) is 5.78 Å². The predicted octanol–water partition coefficient (Wildman–Crippen LogP) is 4.48. The number of methoxy groups -OCH3 is 1. The van der Waals surface area contributed by atoms with Gasteiger partial charge in [-0.05, 0) is 52.3 Å². The Balaban J connectivity index is 2.38. The first kappa shape index (κ1) is 14.0. The lowest BCUT2D eigenvalue weighted by molar-refractivity contribution is 0.103. The lowest BCUT2D eigenvalue weighted by Gasteiger charge is -2.06. The number of carbonyl (C=O) groups is 1. The van der Waals surface area contributed by atoms with Gasteiger partial charge in [0.2, 0.25) is 0 Å². The van der Waals surface area contributed by atoms with Crippen LogP contribution in [0.3, 0.4) is 0 Å². The molecule has 2 aromatic rings. The summed E-state index contributed by atoms with van der Waals surface area (Å²) in [5, 5.41) is 0.339. The maximum absolute atomic E-state index is 13.4. The molecule has 0 atom stereocenters. The van der Waals surface area contributed by atoms with Crippen molar-refractivity contribution in [2.45, 2.75) is 0 Å². The second-order valence-corrected chi connectivity index (χ2v) is 5.07. The van der Waals surface area contributed by atoms with Gasteiger partial charge < -0.3 is 4.74 Å². The molecule has 0 aromatic heterocycles. The van der Waals surface area contributed by atoms with Crippen LogP contribution < -0.4 is 4.74 Å². The molecule has 0 aliphatic heterocycles. The van der Waals surface area contributed by atoms with Crippen LogP contribution >= 0.6 is 27.5 Å². The van der Waals surface area contributed by atoms with Gasteiger partial charge >= 0.3 is 0 Å². The molecule has 0 aliphatic rings. The van der Waals surface area contributed by atoms with E-state index in [1.807, 2.05) is 0 Å². The Kier molecular flexibility index (Phi) is 4.22. The number of carbonyl (C=O) groups excluding carboxylic acids is 1. The summed E-state index contributed by atoms with van der Waals surface area (Å²) in [6.07, 6.45) is 0. The molecule has 0 amide bonds. The van der Waals surface area contributed by atoms with E-state index in [1.54, 1.807) is 18.2 Å². The molecule has 5 heteroatoms. The number of ketones is 1. The maximum Gasteiger partial charge on any atom is 0.193 e. The van der Waals surface area contributed by atoms with Crippen molar-refractivity contribution in [2.75, 3.05) is 7.11 Å². The zero-order chi connectivity index (χ0) is 14.0. The van der Waals surface area contributed by atoms with Crippen molar-refractivity contribution >= 4 is 33.3 Å². The second-order valence-electron chi connectivity index (χ2n) is 3.81. The first-order chi connectivity index (χ1) is 9.02. The first-order valence-corrected chi connectivity index (χ1v) is 6.53. The standard InChI is InChI=1S/C14H9BrClFO2/c1-19-13-5-3-8(6-11(13)16)14(18)9-2-4-10(15)12(17)7-9/h2-7H,1H3. The van der Waals surface area contributed by atoms with Crippen LogP contribution in [0.5, 0.6) is 5.75 Å². The molecule has 2 nitrogen and oxygen atoms in total. The van der Waals surface area contributed by atoms with Crippen molar-refractivity contribution in [2.24, 2.45) is 0 Å². The SMILES string of the molecule is COc1ccc(C(=O)c2ccc(Br)c(F)c2)cc1Cl. The van der Waals surface area contributed by atoms with Crippen LogP contribution in [0.4, 0.5) is 4.39 Å². The van der Waals surface area contributed by atoms with Crippen molar-refractivity contribution < 1.29 is 13.9 Å². The highest BCUT2D eigenvalue weighted by atomic mass is 79.9. The predicted molar refractivity (Wildman–Crippen MR) is 75.5 cm³/mol.